The van der Waals surface area contributed by atoms with E-state index in [-0.39, 0.29) is 5.38 Å². The van der Waals surface area contributed by atoms with Gasteiger partial charge < -0.3 is 4.74 Å². The zero-order valence-electron chi connectivity index (χ0n) is 10.7. The molecule has 0 amide bonds. The van der Waals surface area contributed by atoms with Crippen LogP contribution in [-0.4, -0.2) is 6.61 Å². The van der Waals surface area contributed by atoms with E-state index in [1.54, 1.807) is 0 Å². The molecular formula is C15H12Br2ClIO. The highest BCUT2D eigenvalue weighted by Gasteiger charge is 2.19. The van der Waals surface area contributed by atoms with E-state index in [2.05, 4.69) is 60.5 Å². The first-order valence-electron chi connectivity index (χ1n) is 6.04. The monoisotopic (exact) mass is 528 g/mol. The summed E-state index contributed by atoms with van der Waals surface area (Å²) in [5.74, 6) is 0.821. The van der Waals surface area contributed by atoms with Gasteiger partial charge in [-0.1, -0.05) is 31.9 Å². The average Bonchev–Trinajstić information content (AvgIpc) is 2.43. The normalized spacial score (nSPS) is 12.2. The highest BCUT2D eigenvalue weighted by molar-refractivity contribution is 14.1. The second kappa shape index (κ2) is 7.47. The predicted octanol–water partition coefficient (Wildman–Crippen LogP) is 6.54. The van der Waals surface area contributed by atoms with Crippen molar-refractivity contribution in [3.8, 4) is 5.75 Å². The number of alkyl halides is 1. The second-order valence-corrected chi connectivity index (χ2v) is 7.60. The van der Waals surface area contributed by atoms with Crippen LogP contribution in [0.15, 0.2) is 45.3 Å². The van der Waals surface area contributed by atoms with Gasteiger partial charge in [-0.15, -0.1) is 11.6 Å². The minimum absolute atomic E-state index is 0.266. The van der Waals surface area contributed by atoms with E-state index in [0.29, 0.717) is 6.61 Å². The molecule has 0 saturated carbocycles. The van der Waals surface area contributed by atoms with Crippen LogP contribution in [0.3, 0.4) is 0 Å². The van der Waals surface area contributed by atoms with E-state index in [9.17, 15) is 0 Å². The number of hydrogen-bond donors (Lipinski definition) is 0. The van der Waals surface area contributed by atoms with Crippen molar-refractivity contribution in [2.75, 3.05) is 6.61 Å². The summed E-state index contributed by atoms with van der Waals surface area (Å²) in [7, 11) is 0. The first-order valence-corrected chi connectivity index (χ1v) is 9.14. The van der Waals surface area contributed by atoms with Crippen LogP contribution in [-0.2, 0) is 0 Å². The molecule has 1 atom stereocenters. The molecule has 2 aromatic rings. The van der Waals surface area contributed by atoms with Crippen LogP contribution < -0.4 is 4.74 Å². The Morgan fingerprint density at radius 3 is 2.60 bits per heavy atom. The first-order chi connectivity index (χ1) is 9.52. The fourth-order valence-electron chi connectivity index (χ4n) is 1.88. The maximum Gasteiger partial charge on any atom is 0.124 e. The van der Waals surface area contributed by atoms with Gasteiger partial charge in [-0.05, 0) is 71.5 Å². The van der Waals surface area contributed by atoms with Crippen LogP contribution >= 0.6 is 66.1 Å². The molecule has 2 aromatic carbocycles. The quantitative estimate of drug-likeness (QED) is 0.322. The fourth-order valence-corrected chi connectivity index (χ4v) is 3.73. The van der Waals surface area contributed by atoms with Gasteiger partial charge in [0, 0.05) is 18.1 Å². The lowest BCUT2D eigenvalue weighted by molar-refractivity contribution is 0.337. The molecule has 1 unspecified atom stereocenters. The van der Waals surface area contributed by atoms with Crippen LogP contribution in [0.4, 0.5) is 0 Å². The highest BCUT2D eigenvalue weighted by Crippen LogP contribution is 2.40. The number of hydrogen-bond acceptors (Lipinski definition) is 1. The molecule has 0 spiro atoms. The van der Waals surface area contributed by atoms with Crippen molar-refractivity contribution in [2.45, 2.75) is 12.3 Å². The van der Waals surface area contributed by atoms with Crippen molar-refractivity contribution in [3.63, 3.8) is 0 Å². The molecule has 0 aromatic heterocycles. The van der Waals surface area contributed by atoms with Gasteiger partial charge in [0.2, 0.25) is 0 Å². The summed E-state index contributed by atoms with van der Waals surface area (Å²) in [6.45, 7) is 2.59. The van der Waals surface area contributed by atoms with Gasteiger partial charge in [0.25, 0.3) is 0 Å². The SMILES string of the molecule is CCOc1ccc(Br)cc1C(Cl)c1cc(I)ccc1Br. The third-order valence-corrected chi connectivity index (χ3v) is 5.13. The lowest BCUT2D eigenvalue weighted by Crippen LogP contribution is -2.01. The van der Waals surface area contributed by atoms with Crippen LogP contribution in [0.25, 0.3) is 0 Å². The van der Waals surface area contributed by atoms with Crippen LogP contribution in [0.2, 0.25) is 0 Å². The minimum Gasteiger partial charge on any atom is -0.494 e. The maximum absolute atomic E-state index is 6.69. The summed E-state index contributed by atoms with van der Waals surface area (Å²) < 4.78 is 8.82. The largest absolute Gasteiger partial charge is 0.494 e. The molecule has 0 N–H and O–H groups in total. The average molecular weight is 530 g/mol. The smallest absolute Gasteiger partial charge is 0.124 e. The van der Waals surface area contributed by atoms with Crippen LogP contribution in [0.1, 0.15) is 23.4 Å². The number of rotatable bonds is 4. The molecule has 0 bridgehead atoms. The van der Waals surface area contributed by atoms with Gasteiger partial charge >= 0.3 is 0 Å². The van der Waals surface area contributed by atoms with Gasteiger partial charge in [-0.2, -0.15) is 0 Å². The van der Waals surface area contributed by atoms with E-state index in [0.717, 1.165) is 29.4 Å². The summed E-state index contributed by atoms with van der Waals surface area (Å²) in [6, 6.07) is 12.1. The molecule has 0 saturated heterocycles. The molecule has 0 aliphatic rings. The molecule has 0 fully saturated rings. The van der Waals surface area contributed by atoms with Gasteiger partial charge in [-0.3, -0.25) is 0 Å². The van der Waals surface area contributed by atoms with Crippen molar-refractivity contribution < 1.29 is 4.74 Å². The zero-order chi connectivity index (χ0) is 14.7. The van der Waals surface area contributed by atoms with E-state index in [1.807, 2.05) is 37.3 Å². The lowest BCUT2D eigenvalue weighted by atomic mass is 10.0. The van der Waals surface area contributed by atoms with Crippen molar-refractivity contribution in [1.82, 2.24) is 0 Å². The standard InChI is InChI=1S/C15H12Br2ClIO/c1-2-20-14-6-3-9(16)7-12(14)15(18)11-8-10(19)4-5-13(11)17/h3-8,15H,2H2,1H3. The highest BCUT2D eigenvalue weighted by atomic mass is 127. The van der Waals surface area contributed by atoms with Crippen molar-refractivity contribution in [3.05, 3.63) is 60.0 Å². The Hall–Kier alpha value is 0.220. The molecule has 2 rings (SSSR count). The minimum atomic E-state index is -0.266. The van der Waals surface area contributed by atoms with Gasteiger partial charge in [-0.25, -0.2) is 0 Å². The summed E-state index contributed by atoms with van der Waals surface area (Å²) in [4.78, 5) is 0. The van der Waals surface area contributed by atoms with Crippen molar-refractivity contribution in [1.29, 1.82) is 0 Å². The van der Waals surface area contributed by atoms with Crippen molar-refractivity contribution in [2.24, 2.45) is 0 Å². The maximum atomic E-state index is 6.69. The Labute approximate surface area is 154 Å². The molecule has 20 heavy (non-hydrogen) atoms. The Kier molecular flexibility index (Phi) is 6.20. The van der Waals surface area contributed by atoms with Crippen LogP contribution in [0, 0.1) is 3.57 Å². The third-order valence-electron chi connectivity index (χ3n) is 2.78. The molecule has 0 radical (unpaired) electrons. The zero-order valence-corrected chi connectivity index (χ0v) is 16.8. The molecule has 5 heteroatoms. The van der Waals surface area contributed by atoms with E-state index in [1.165, 1.54) is 0 Å². The Morgan fingerprint density at radius 2 is 1.90 bits per heavy atom. The lowest BCUT2D eigenvalue weighted by Gasteiger charge is -2.17. The second-order valence-electron chi connectivity index (χ2n) is 4.14. The van der Waals surface area contributed by atoms with E-state index in [4.69, 9.17) is 16.3 Å². The molecule has 106 valence electrons. The third kappa shape index (κ3) is 3.90. The molecule has 0 heterocycles. The van der Waals surface area contributed by atoms with Crippen molar-refractivity contribution >= 4 is 66.1 Å². The van der Waals surface area contributed by atoms with Gasteiger partial charge in [0.05, 0.1) is 12.0 Å². The van der Waals surface area contributed by atoms with E-state index >= 15 is 0 Å². The Morgan fingerprint density at radius 1 is 1.15 bits per heavy atom. The summed E-state index contributed by atoms with van der Waals surface area (Å²) in [5.41, 5.74) is 2.00. The number of benzene rings is 2. The first kappa shape index (κ1) is 16.6. The summed E-state index contributed by atoms with van der Waals surface area (Å²) >= 11 is 16.0. The Bertz CT molecular complexity index is 619. The summed E-state index contributed by atoms with van der Waals surface area (Å²) in [6.07, 6.45) is 0. The fraction of sp³-hybridized carbons (Fsp3) is 0.200. The molecular weight excluding hydrogens is 518 g/mol. The molecule has 0 aliphatic carbocycles. The number of ether oxygens (including phenoxy) is 1. The van der Waals surface area contributed by atoms with E-state index < -0.39 is 0 Å². The summed E-state index contributed by atoms with van der Waals surface area (Å²) in [5, 5.41) is -0.266. The van der Waals surface area contributed by atoms with Gasteiger partial charge in [0.1, 0.15) is 5.75 Å². The predicted molar refractivity (Wildman–Crippen MR) is 99.9 cm³/mol. The molecule has 1 nitrogen and oxygen atoms in total. The molecule has 0 aliphatic heterocycles. The van der Waals surface area contributed by atoms with Crippen LogP contribution in [0.5, 0.6) is 5.75 Å². The Balaban J connectivity index is 2.49. The number of halogens is 4. The van der Waals surface area contributed by atoms with Gasteiger partial charge in [0.15, 0.2) is 0 Å². The topological polar surface area (TPSA) is 9.23 Å².